The first kappa shape index (κ1) is 10.5. The summed E-state index contributed by atoms with van der Waals surface area (Å²) in [6.45, 7) is 0. The normalized spacial score (nSPS) is 11.4. The monoisotopic (exact) mass is 197 g/mol. The largest absolute Gasteiger partial charge is 0.503 e. The summed E-state index contributed by atoms with van der Waals surface area (Å²) >= 11 is 0. The van der Waals surface area contributed by atoms with Gasteiger partial charge in [-0.1, -0.05) is 0 Å². The van der Waals surface area contributed by atoms with Gasteiger partial charge in [0.1, 0.15) is 0 Å². The van der Waals surface area contributed by atoms with E-state index in [9.17, 15) is 15.2 Å². The van der Waals surface area contributed by atoms with Crippen molar-refractivity contribution in [3.8, 4) is 5.75 Å². The number of nitrogens with zero attached hydrogens (tertiary/aromatic N) is 2. The van der Waals surface area contributed by atoms with E-state index < -0.39 is 4.92 Å². The van der Waals surface area contributed by atoms with Crippen LogP contribution in [0.25, 0.3) is 0 Å². The fourth-order valence-corrected chi connectivity index (χ4v) is 1.16. The summed E-state index contributed by atoms with van der Waals surface area (Å²) in [5.74, 6) is 0.0723. The first-order valence-corrected chi connectivity index (χ1v) is 4.12. The Labute approximate surface area is 81.9 Å². The molecule has 1 rings (SSSR count). The van der Waals surface area contributed by atoms with Crippen molar-refractivity contribution in [2.45, 2.75) is 0 Å². The molecule has 0 saturated carbocycles. The zero-order valence-corrected chi connectivity index (χ0v) is 8.39. The summed E-state index contributed by atoms with van der Waals surface area (Å²) in [6.07, 6.45) is 0. The number of phenolic OH excluding ortho intramolecular Hbond substituents is 1. The molecule has 14 heavy (non-hydrogen) atoms. The predicted molar refractivity (Wildman–Crippen MR) is 54.3 cm³/mol. The molecule has 5 nitrogen and oxygen atoms in total. The van der Waals surface area contributed by atoms with Gasteiger partial charge in [0.15, 0.2) is 11.4 Å². The highest BCUT2D eigenvalue weighted by Gasteiger charge is 2.21. The minimum absolute atomic E-state index is 0.00847. The molecule has 0 bridgehead atoms. The molecular formula is C9H13N2O3+. The van der Waals surface area contributed by atoms with E-state index in [1.807, 2.05) is 21.1 Å². The van der Waals surface area contributed by atoms with E-state index in [1.165, 1.54) is 18.2 Å². The molecule has 0 atom stereocenters. The van der Waals surface area contributed by atoms with Crippen LogP contribution in [0, 0.1) is 10.1 Å². The molecule has 1 N–H and O–H groups in total. The number of quaternary nitrogens is 1. The van der Waals surface area contributed by atoms with Crippen LogP contribution in [-0.2, 0) is 0 Å². The van der Waals surface area contributed by atoms with Crippen LogP contribution in [0.3, 0.4) is 0 Å². The number of hydrogen-bond donors (Lipinski definition) is 1. The summed E-state index contributed by atoms with van der Waals surface area (Å²) < 4.78 is 0.341. The average molecular weight is 197 g/mol. The van der Waals surface area contributed by atoms with Crippen LogP contribution < -0.4 is 4.48 Å². The SMILES string of the molecule is C[N+](C)(C)c1cc([N+](=O)[O-])ccc1O. The fourth-order valence-electron chi connectivity index (χ4n) is 1.16. The fraction of sp³-hybridized carbons (Fsp3) is 0.333. The van der Waals surface area contributed by atoms with E-state index in [0.29, 0.717) is 10.2 Å². The zero-order chi connectivity index (χ0) is 10.9. The van der Waals surface area contributed by atoms with E-state index in [1.54, 1.807) is 0 Å². The van der Waals surface area contributed by atoms with Crippen LogP contribution in [0.2, 0.25) is 0 Å². The Morgan fingerprint density at radius 3 is 2.36 bits per heavy atom. The van der Waals surface area contributed by atoms with Crippen LogP contribution in [0.5, 0.6) is 5.75 Å². The minimum atomic E-state index is -0.474. The Hall–Kier alpha value is -1.62. The maximum atomic E-state index is 10.5. The van der Waals surface area contributed by atoms with Gasteiger partial charge in [-0.05, 0) is 6.07 Å². The molecule has 5 heteroatoms. The van der Waals surface area contributed by atoms with Gasteiger partial charge in [-0.2, -0.15) is 0 Å². The number of nitro benzene ring substituents is 1. The Kier molecular flexibility index (Phi) is 2.44. The van der Waals surface area contributed by atoms with Crippen molar-refractivity contribution in [2.75, 3.05) is 21.1 Å². The van der Waals surface area contributed by atoms with Crippen molar-refractivity contribution in [3.05, 3.63) is 28.3 Å². The lowest BCUT2D eigenvalue weighted by atomic mass is 10.2. The number of rotatable bonds is 2. The molecule has 0 radical (unpaired) electrons. The van der Waals surface area contributed by atoms with Crippen LogP contribution in [-0.4, -0.2) is 31.2 Å². The van der Waals surface area contributed by atoms with Gasteiger partial charge in [-0.3, -0.25) is 14.6 Å². The summed E-state index contributed by atoms with van der Waals surface area (Å²) in [4.78, 5) is 10.0. The summed E-state index contributed by atoms with van der Waals surface area (Å²) in [5.41, 5.74) is 0.519. The summed E-state index contributed by atoms with van der Waals surface area (Å²) in [6, 6.07) is 4.01. The topological polar surface area (TPSA) is 63.4 Å². The van der Waals surface area contributed by atoms with Crippen molar-refractivity contribution in [1.82, 2.24) is 4.48 Å². The summed E-state index contributed by atoms with van der Waals surface area (Å²) in [7, 11) is 5.50. The third-order valence-electron chi connectivity index (χ3n) is 1.89. The number of aromatic hydroxyl groups is 1. The lowest BCUT2D eigenvalue weighted by Crippen LogP contribution is -2.34. The van der Waals surface area contributed by atoms with Crippen LogP contribution in [0.1, 0.15) is 0 Å². The molecule has 76 valence electrons. The average Bonchev–Trinajstić information content (AvgIpc) is 2.02. The highest BCUT2D eigenvalue weighted by molar-refractivity contribution is 5.59. The van der Waals surface area contributed by atoms with Crippen LogP contribution in [0.15, 0.2) is 18.2 Å². The molecular weight excluding hydrogens is 184 g/mol. The van der Waals surface area contributed by atoms with E-state index >= 15 is 0 Å². The number of nitro groups is 1. The van der Waals surface area contributed by atoms with Crippen molar-refractivity contribution in [1.29, 1.82) is 0 Å². The number of benzene rings is 1. The number of hydrogen-bond acceptors (Lipinski definition) is 3. The van der Waals surface area contributed by atoms with Crippen molar-refractivity contribution in [3.63, 3.8) is 0 Å². The highest BCUT2D eigenvalue weighted by atomic mass is 16.6. The van der Waals surface area contributed by atoms with Gasteiger partial charge in [-0.25, -0.2) is 0 Å². The van der Waals surface area contributed by atoms with Crippen LogP contribution in [0.4, 0.5) is 11.4 Å². The van der Waals surface area contributed by atoms with Gasteiger partial charge < -0.3 is 5.11 Å². The first-order valence-electron chi connectivity index (χ1n) is 4.12. The molecule has 0 amide bonds. The Morgan fingerprint density at radius 2 is 1.93 bits per heavy atom. The van der Waals surface area contributed by atoms with Gasteiger partial charge in [0.25, 0.3) is 5.69 Å². The molecule has 1 aromatic carbocycles. The molecule has 0 heterocycles. The van der Waals surface area contributed by atoms with Gasteiger partial charge in [-0.15, -0.1) is 0 Å². The third-order valence-corrected chi connectivity index (χ3v) is 1.89. The second-order valence-electron chi connectivity index (χ2n) is 3.94. The van der Waals surface area contributed by atoms with Crippen molar-refractivity contribution < 1.29 is 10.0 Å². The zero-order valence-electron chi connectivity index (χ0n) is 8.39. The quantitative estimate of drug-likeness (QED) is 0.444. The number of phenols is 1. The minimum Gasteiger partial charge on any atom is -0.503 e. The Morgan fingerprint density at radius 1 is 1.36 bits per heavy atom. The lowest BCUT2D eigenvalue weighted by Gasteiger charge is -2.23. The molecule has 0 fully saturated rings. The third kappa shape index (κ3) is 2.00. The number of non-ortho nitro benzene ring substituents is 1. The smallest absolute Gasteiger partial charge is 0.275 e. The Bertz CT molecular complexity index is 369. The second-order valence-corrected chi connectivity index (χ2v) is 3.94. The van der Waals surface area contributed by atoms with Crippen molar-refractivity contribution >= 4 is 11.4 Å². The van der Waals surface area contributed by atoms with Gasteiger partial charge in [0.2, 0.25) is 0 Å². The van der Waals surface area contributed by atoms with E-state index in [0.717, 1.165) is 0 Å². The molecule has 0 aromatic heterocycles. The maximum Gasteiger partial charge on any atom is 0.275 e. The molecule has 0 aliphatic heterocycles. The van der Waals surface area contributed by atoms with E-state index in [-0.39, 0.29) is 11.4 Å². The van der Waals surface area contributed by atoms with Crippen LogP contribution >= 0.6 is 0 Å². The Balaban J connectivity index is 3.29. The maximum absolute atomic E-state index is 10.5. The highest BCUT2D eigenvalue weighted by Crippen LogP contribution is 2.32. The van der Waals surface area contributed by atoms with E-state index in [2.05, 4.69) is 0 Å². The molecule has 0 spiro atoms. The van der Waals surface area contributed by atoms with Gasteiger partial charge in [0.05, 0.1) is 32.1 Å². The lowest BCUT2D eigenvalue weighted by molar-refractivity contribution is -0.384. The second kappa shape index (κ2) is 3.26. The molecule has 0 aliphatic rings. The molecule has 0 unspecified atom stereocenters. The molecule has 0 saturated heterocycles. The van der Waals surface area contributed by atoms with Crippen molar-refractivity contribution in [2.24, 2.45) is 0 Å². The first-order chi connectivity index (χ1) is 6.32. The predicted octanol–water partition coefficient (Wildman–Crippen LogP) is 1.50. The van der Waals surface area contributed by atoms with Gasteiger partial charge >= 0.3 is 0 Å². The summed E-state index contributed by atoms with van der Waals surface area (Å²) in [5, 5.41) is 20.0. The standard InChI is InChI=1S/C9H12N2O3/c1-11(2,3)8-6-7(10(13)14)4-5-9(8)12/h4-6H,1-3H3/p+1. The van der Waals surface area contributed by atoms with E-state index in [4.69, 9.17) is 0 Å². The molecule has 0 aliphatic carbocycles. The van der Waals surface area contributed by atoms with Gasteiger partial charge in [0, 0.05) is 6.07 Å². The molecule has 1 aromatic rings.